The molecule has 0 unspecified atom stereocenters. The Hall–Kier alpha value is -2.33. The van der Waals surface area contributed by atoms with Gasteiger partial charge in [0.1, 0.15) is 5.71 Å². The Kier molecular flexibility index (Phi) is 3.62. The van der Waals surface area contributed by atoms with Crippen LogP contribution in [0.4, 0.5) is 0 Å². The molecule has 0 radical (unpaired) electrons. The van der Waals surface area contributed by atoms with Gasteiger partial charge in [0.25, 0.3) is 0 Å². The molecule has 22 heavy (non-hydrogen) atoms. The van der Waals surface area contributed by atoms with Gasteiger partial charge in [-0.1, -0.05) is 40.6 Å². The van der Waals surface area contributed by atoms with Crippen LogP contribution in [-0.4, -0.2) is 16.0 Å². The van der Waals surface area contributed by atoms with Crippen LogP contribution < -0.4 is 0 Å². The Balaban J connectivity index is 2.26. The van der Waals surface area contributed by atoms with Crippen molar-refractivity contribution in [3.05, 3.63) is 64.4 Å². The molecule has 2 aromatic rings. The Labute approximate surface area is 134 Å². The predicted octanol–water partition coefficient (Wildman–Crippen LogP) is 4.16. The number of hydrogen-bond acceptors (Lipinski definition) is 3. The van der Waals surface area contributed by atoms with E-state index in [2.05, 4.69) is 21.5 Å². The van der Waals surface area contributed by atoms with Crippen molar-refractivity contribution in [2.75, 3.05) is 0 Å². The standard InChI is InChI=1S/C17H16ClN3O/c1-10-11(2)19-22-20-17(13-5-7-14(18)8-6-13)16-12(3)21(4)9-15(10)16/h5-9H,1H2,2-4H3/b19-11-,20-17-. The lowest BCUT2D eigenvalue weighted by Crippen LogP contribution is -2.11. The van der Waals surface area contributed by atoms with Gasteiger partial charge >= 0.3 is 0 Å². The summed E-state index contributed by atoms with van der Waals surface area (Å²) < 4.78 is 2.06. The molecule has 5 heteroatoms. The highest BCUT2D eigenvalue weighted by Gasteiger charge is 2.23. The summed E-state index contributed by atoms with van der Waals surface area (Å²) in [5.41, 5.74) is 6.29. The highest BCUT2D eigenvalue weighted by Crippen LogP contribution is 2.29. The minimum atomic E-state index is 0.680. The molecule has 1 aromatic heterocycles. The lowest BCUT2D eigenvalue weighted by Gasteiger charge is -2.13. The topological polar surface area (TPSA) is 38.9 Å². The van der Waals surface area contributed by atoms with Crippen LogP contribution in [0.1, 0.15) is 29.3 Å². The Morgan fingerprint density at radius 3 is 2.50 bits per heavy atom. The Morgan fingerprint density at radius 1 is 1.14 bits per heavy atom. The molecular weight excluding hydrogens is 298 g/mol. The highest BCUT2D eigenvalue weighted by atomic mass is 35.5. The van der Waals surface area contributed by atoms with Crippen LogP contribution >= 0.6 is 11.6 Å². The molecule has 112 valence electrons. The van der Waals surface area contributed by atoms with Gasteiger partial charge in [0, 0.05) is 46.2 Å². The predicted molar refractivity (Wildman–Crippen MR) is 90.5 cm³/mol. The van der Waals surface area contributed by atoms with Crippen LogP contribution in [0.25, 0.3) is 5.57 Å². The molecule has 0 bridgehead atoms. The van der Waals surface area contributed by atoms with Crippen LogP contribution in [0.3, 0.4) is 0 Å². The van der Waals surface area contributed by atoms with Gasteiger partial charge in [0.2, 0.25) is 0 Å². The number of aromatic nitrogens is 1. The van der Waals surface area contributed by atoms with Gasteiger partial charge < -0.3 is 4.57 Å². The van der Waals surface area contributed by atoms with E-state index in [0.29, 0.717) is 10.7 Å². The molecular formula is C17H16ClN3O. The fourth-order valence-electron chi connectivity index (χ4n) is 2.48. The lowest BCUT2D eigenvalue weighted by molar-refractivity contribution is 0.156. The Bertz CT molecular complexity index is 813. The number of halogens is 1. The molecule has 3 rings (SSSR count). The van der Waals surface area contributed by atoms with Crippen LogP contribution in [0, 0.1) is 6.92 Å². The third-order valence-electron chi connectivity index (χ3n) is 3.91. The van der Waals surface area contributed by atoms with Crippen molar-refractivity contribution < 1.29 is 4.94 Å². The van der Waals surface area contributed by atoms with Gasteiger partial charge in [-0.05, 0) is 26.0 Å². The maximum atomic E-state index is 5.98. The summed E-state index contributed by atoms with van der Waals surface area (Å²) in [5.74, 6) is 0. The average Bonchev–Trinajstić information content (AvgIpc) is 2.78. The first-order valence-corrected chi connectivity index (χ1v) is 7.27. The molecule has 0 fully saturated rings. The quantitative estimate of drug-likeness (QED) is 0.779. The average molecular weight is 314 g/mol. The van der Waals surface area contributed by atoms with E-state index in [1.807, 2.05) is 51.4 Å². The fraction of sp³-hybridized carbons (Fsp3) is 0.176. The molecule has 2 heterocycles. The van der Waals surface area contributed by atoms with Gasteiger partial charge in [0.05, 0.1) is 5.71 Å². The van der Waals surface area contributed by atoms with Gasteiger partial charge in [-0.2, -0.15) is 0 Å². The maximum absolute atomic E-state index is 5.98. The summed E-state index contributed by atoms with van der Waals surface area (Å²) in [6.45, 7) is 8.04. The van der Waals surface area contributed by atoms with Crippen molar-refractivity contribution in [3.63, 3.8) is 0 Å². The van der Waals surface area contributed by atoms with Crippen molar-refractivity contribution in [1.82, 2.24) is 4.57 Å². The van der Waals surface area contributed by atoms with E-state index in [9.17, 15) is 0 Å². The van der Waals surface area contributed by atoms with Crippen molar-refractivity contribution in [2.45, 2.75) is 13.8 Å². The van der Waals surface area contributed by atoms with Crippen LogP contribution in [0.15, 0.2) is 47.4 Å². The van der Waals surface area contributed by atoms with E-state index >= 15 is 0 Å². The highest BCUT2D eigenvalue weighted by molar-refractivity contribution is 6.31. The van der Waals surface area contributed by atoms with Gasteiger partial charge in [-0.15, -0.1) is 0 Å². The molecule has 0 aliphatic carbocycles. The molecule has 0 amide bonds. The smallest absolute Gasteiger partial charge is 0.122 e. The van der Waals surface area contributed by atoms with Crippen molar-refractivity contribution in [3.8, 4) is 0 Å². The number of rotatable bonds is 1. The zero-order chi connectivity index (χ0) is 15.9. The first-order chi connectivity index (χ1) is 10.5. The third-order valence-corrected chi connectivity index (χ3v) is 4.16. The molecule has 1 aliphatic heterocycles. The van der Waals surface area contributed by atoms with Crippen LogP contribution in [0.2, 0.25) is 5.02 Å². The van der Waals surface area contributed by atoms with E-state index in [0.717, 1.165) is 33.7 Å². The number of oxime groups is 2. The molecule has 4 nitrogen and oxygen atoms in total. The van der Waals surface area contributed by atoms with E-state index in [1.54, 1.807) is 0 Å². The summed E-state index contributed by atoms with van der Waals surface area (Å²) in [6, 6.07) is 7.50. The first kappa shape index (κ1) is 14.6. The number of fused-ring (bicyclic) bond motifs is 1. The summed E-state index contributed by atoms with van der Waals surface area (Å²) >= 11 is 5.98. The van der Waals surface area contributed by atoms with Crippen LogP contribution in [-0.2, 0) is 12.0 Å². The molecule has 1 aliphatic rings. The van der Waals surface area contributed by atoms with Gasteiger partial charge in [-0.3, -0.25) is 0 Å². The van der Waals surface area contributed by atoms with E-state index in [4.69, 9.17) is 16.5 Å². The summed E-state index contributed by atoms with van der Waals surface area (Å²) in [6.07, 6.45) is 2.04. The normalized spacial score (nSPS) is 19.2. The molecule has 0 atom stereocenters. The number of nitrogens with zero attached hydrogens (tertiary/aromatic N) is 3. The molecule has 0 saturated carbocycles. The second-order valence-corrected chi connectivity index (χ2v) is 5.73. The Morgan fingerprint density at radius 2 is 1.82 bits per heavy atom. The number of hydrogen-bond donors (Lipinski definition) is 0. The number of benzene rings is 1. The molecule has 0 N–H and O–H groups in total. The second kappa shape index (κ2) is 5.46. The van der Waals surface area contributed by atoms with Gasteiger partial charge in [-0.25, -0.2) is 4.94 Å². The van der Waals surface area contributed by atoms with E-state index < -0.39 is 0 Å². The van der Waals surface area contributed by atoms with Crippen molar-refractivity contribution in [2.24, 2.45) is 17.4 Å². The fourth-order valence-corrected chi connectivity index (χ4v) is 2.60. The third kappa shape index (κ3) is 2.35. The number of aryl methyl sites for hydroxylation is 1. The SMILES string of the molecule is C=C1/C(C)=N\O/N=C(/c2ccc(Cl)cc2)c2c1cn(C)c2C. The zero-order valence-corrected chi connectivity index (χ0v) is 13.5. The van der Waals surface area contributed by atoms with Crippen molar-refractivity contribution in [1.29, 1.82) is 0 Å². The lowest BCUT2D eigenvalue weighted by atomic mass is 9.94. The molecule has 0 saturated heterocycles. The minimum Gasteiger partial charge on any atom is -0.353 e. The van der Waals surface area contributed by atoms with Crippen molar-refractivity contribution >= 4 is 28.6 Å². The van der Waals surface area contributed by atoms with E-state index in [-0.39, 0.29) is 0 Å². The zero-order valence-electron chi connectivity index (χ0n) is 12.7. The second-order valence-electron chi connectivity index (χ2n) is 5.30. The van der Waals surface area contributed by atoms with Crippen LogP contribution in [0.5, 0.6) is 0 Å². The number of allylic oxidation sites excluding steroid dienone is 1. The maximum Gasteiger partial charge on any atom is 0.122 e. The minimum absolute atomic E-state index is 0.680. The first-order valence-electron chi connectivity index (χ1n) is 6.89. The summed E-state index contributed by atoms with van der Waals surface area (Å²) in [7, 11) is 2.00. The monoisotopic (exact) mass is 313 g/mol. The largest absolute Gasteiger partial charge is 0.353 e. The molecule has 1 aromatic carbocycles. The summed E-state index contributed by atoms with van der Waals surface area (Å²) in [4.78, 5) is 5.15. The van der Waals surface area contributed by atoms with E-state index in [1.165, 1.54) is 0 Å². The summed E-state index contributed by atoms with van der Waals surface area (Å²) in [5, 5.41) is 8.89. The van der Waals surface area contributed by atoms with Gasteiger partial charge in [0.15, 0.2) is 0 Å². The molecule has 0 spiro atoms.